The molecule has 0 bridgehead atoms. The summed E-state index contributed by atoms with van der Waals surface area (Å²) in [5.41, 5.74) is 45.5. The third kappa shape index (κ3) is 26.4. The number of ether oxygens (including phenoxy) is 1. The lowest BCUT2D eigenvalue weighted by molar-refractivity contribution is 0.164. The van der Waals surface area contributed by atoms with Crippen LogP contribution in [-0.4, -0.2) is 156 Å². The molecule has 15 N–H and O–H groups in total. The van der Waals surface area contributed by atoms with Gasteiger partial charge >= 0.3 is 0 Å². The number of hydrogen-bond donors (Lipinski definition) is 10. The van der Waals surface area contributed by atoms with Gasteiger partial charge in [-0.25, -0.2) is 24.9 Å². The first-order valence-electron chi connectivity index (χ1n) is 42.7. The van der Waals surface area contributed by atoms with E-state index < -0.39 is 5.41 Å². The molecular formula is C89H132N28OS10. The minimum atomic E-state index is -0.505. The van der Waals surface area contributed by atoms with Crippen molar-refractivity contribution in [2.45, 2.75) is 239 Å². The van der Waals surface area contributed by atoms with Crippen LogP contribution < -0.4 is 55.3 Å². The van der Waals surface area contributed by atoms with Gasteiger partial charge in [0.1, 0.15) is 34.8 Å². The Morgan fingerprint density at radius 3 is 1.08 bits per heavy atom. The first kappa shape index (κ1) is 107. The van der Waals surface area contributed by atoms with E-state index in [0.29, 0.717) is 66.9 Å². The van der Waals surface area contributed by atoms with Crippen molar-refractivity contribution in [2.24, 2.45) is 35.7 Å². The predicted octanol–water partition coefficient (Wildman–Crippen LogP) is 14.5. The van der Waals surface area contributed by atoms with Crippen LogP contribution in [0.1, 0.15) is 196 Å². The van der Waals surface area contributed by atoms with Crippen molar-refractivity contribution in [1.29, 1.82) is 5.26 Å². The van der Waals surface area contributed by atoms with Gasteiger partial charge in [-0.05, 0) is 171 Å². The van der Waals surface area contributed by atoms with E-state index in [1.165, 1.54) is 56.2 Å². The van der Waals surface area contributed by atoms with E-state index in [2.05, 4.69) is 117 Å². The molecule has 7 aliphatic carbocycles. The van der Waals surface area contributed by atoms with Gasteiger partial charge in [0, 0.05) is 157 Å². The van der Waals surface area contributed by atoms with Crippen LogP contribution in [0.15, 0.2) is 159 Å². The maximum absolute atomic E-state index is 9.33. The SMILES string of the molecule is CC(C)(C#N)c1ccc(-c2cc(N[C@H]3CC[C@H](N)C3)n3nccc3n2)cc1.Cn1ccc(-c2cc(N[C@H]3CC[C@H](N)C3)n3nccc3n2)n1.N[C@H]1CC[C@H](Nc2cc(-c3ccc(C4CC4)cc3)nc3ccnn23)C1.N[C@H]1CC[C@H](Nc2cc(C3=CCCOC3)nc3ccnn23)C1.N[C@H]1CC[C@H](Nc2cc(C3CCCCC3)nc3ccnn23)C1.S.S.S.S.S.S.S.S.S.S. The molecule has 21 rings (SSSR count). The molecule has 0 amide bonds. The smallest absolute Gasteiger partial charge is 0.158 e. The van der Waals surface area contributed by atoms with E-state index in [1.807, 2.05) is 129 Å². The Morgan fingerprint density at radius 1 is 0.383 bits per heavy atom. The van der Waals surface area contributed by atoms with Crippen LogP contribution in [0.25, 0.3) is 67.7 Å². The number of fused-ring (bicyclic) bond motifs is 5. The molecular weight excluding hydrogens is 1800 g/mol. The Morgan fingerprint density at radius 2 is 0.734 bits per heavy atom. The topological polar surface area (TPSA) is 392 Å². The summed E-state index contributed by atoms with van der Waals surface area (Å²) in [4.78, 5) is 23.7. The van der Waals surface area contributed by atoms with Crippen molar-refractivity contribution >= 4 is 198 Å². The molecule has 7 saturated carbocycles. The van der Waals surface area contributed by atoms with Gasteiger partial charge in [-0.15, -0.1) is 0 Å². The van der Waals surface area contributed by atoms with Crippen LogP contribution in [0.2, 0.25) is 0 Å². The number of aromatic nitrogens is 17. The van der Waals surface area contributed by atoms with Gasteiger partial charge in [-0.1, -0.05) is 73.9 Å². The Hall–Kier alpha value is -7.76. The lowest BCUT2D eigenvalue weighted by Crippen LogP contribution is -2.22. The molecule has 128 heavy (non-hydrogen) atoms. The highest BCUT2D eigenvalue weighted by Gasteiger charge is 2.31. The highest BCUT2D eigenvalue weighted by molar-refractivity contribution is 7.60. The molecule has 13 aromatic rings. The van der Waals surface area contributed by atoms with Crippen LogP contribution in [0.4, 0.5) is 29.1 Å². The second kappa shape index (κ2) is 49.1. The average molecular weight is 1930 g/mol. The van der Waals surface area contributed by atoms with Gasteiger partial charge in [-0.2, -0.15) is 193 Å². The molecule has 11 aromatic heterocycles. The maximum atomic E-state index is 9.33. The Balaban J connectivity index is 0.000000215. The molecule has 39 heteroatoms. The monoisotopic (exact) mass is 1930 g/mol. The third-order valence-corrected chi connectivity index (χ3v) is 24.6. The van der Waals surface area contributed by atoms with Crippen molar-refractivity contribution in [3.63, 3.8) is 0 Å². The van der Waals surface area contributed by atoms with E-state index in [1.54, 1.807) is 29.5 Å². The van der Waals surface area contributed by atoms with E-state index in [0.717, 1.165) is 223 Å². The average Bonchev–Trinajstić information content (AvgIpc) is 1.76. The number of nitriles is 1. The summed E-state index contributed by atoms with van der Waals surface area (Å²) < 4.78 is 16.7. The summed E-state index contributed by atoms with van der Waals surface area (Å²) in [6.45, 7) is 5.27. The molecule has 0 unspecified atom stereocenters. The first-order chi connectivity index (χ1) is 57.5. The van der Waals surface area contributed by atoms with E-state index in [4.69, 9.17) is 53.3 Å². The molecule has 2 aromatic carbocycles. The number of rotatable bonds is 17. The van der Waals surface area contributed by atoms with Gasteiger partial charge in [0.2, 0.25) is 0 Å². The summed E-state index contributed by atoms with van der Waals surface area (Å²) in [5, 5.41) is 53.8. The minimum Gasteiger partial charge on any atom is -0.376 e. The van der Waals surface area contributed by atoms with Gasteiger partial charge in [0.15, 0.2) is 28.2 Å². The summed E-state index contributed by atoms with van der Waals surface area (Å²) in [6, 6.07) is 44.9. The number of hydrogen-bond acceptors (Lipinski definition) is 23. The fraction of sp³-hybridized carbons (Fsp3) is 0.461. The Kier molecular flexibility index (Phi) is 41.2. The van der Waals surface area contributed by atoms with E-state index >= 15 is 0 Å². The summed E-state index contributed by atoms with van der Waals surface area (Å²) in [5.74, 6) is 6.32. The summed E-state index contributed by atoms with van der Waals surface area (Å²) >= 11 is 0. The van der Waals surface area contributed by atoms with Crippen LogP contribution in [0, 0.1) is 11.3 Å². The number of nitrogens with zero attached hydrogens (tertiary/aromatic N) is 18. The molecule has 0 radical (unpaired) electrons. The van der Waals surface area contributed by atoms with Crippen LogP contribution in [0.3, 0.4) is 0 Å². The largest absolute Gasteiger partial charge is 0.376 e. The van der Waals surface area contributed by atoms with E-state index in [-0.39, 0.29) is 141 Å². The zero-order chi connectivity index (χ0) is 80.8. The highest BCUT2D eigenvalue weighted by Crippen LogP contribution is 2.41. The molecule has 0 saturated heterocycles. The number of nitrogens with two attached hydrogens (primary N) is 5. The molecule has 29 nitrogen and oxygen atoms in total. The lowest BCUT2D eigenvalue weighted by Gasteiger charge is -2.22. The van der Waals surface area contributed by atoms with Gasteiger partial charge in [-0.3, -0.25) is 4.68 Å². The minimum absolute atomic E-state index is 0. The second-order valence-electron chi connectivity index (χ2n) is 34.2. The molecule has 1 aliphatic heterocycles. The third-order valence-electron chi connectivity index (χ3n) is 24.6. The van der Waals surface area contributed by atoms with Crippen molar-refractivity contribution in [3.05, 3.63) is 181 Å². The number of anilines is 5. The fourth-order valence-corrected chi connectivity index (χ4v) is 17.8. The second-order valence-corrected chi connectivity index (χ2v) is 34.2. The van der Waals surface area contributed by atoms with Crippen molar-refractivity contribution in [2.75, 3.05) is 39.8 Å². The van der Waals surface area contributed by atoms with Crippen molar-refractivity contribution in [3.8, 4) is 40.0 Å². The van der Waals surface area contributed by atoms with Crippen LogP contribution >= 0.6 is 135 Å². The fourth-order valence-electron chi connectivity index (χ4n) is 17.8. The molecule has 8 aliphatic rings. The van der Waals surface area contributed by atoms with Gasteiger partial charge < -0.3 is 60.0 Å². The predicted molar refractivity (Wildman–Crippen MR) is 568 cm³/mol. The zero-order valence-corrected chi connectivity index (χ0v) is 83.0. The molecule has 12 heterocycles. The maximum Gasteiger partial charge on any atom is 0.158 e. The first-order valence-corrected chi connectivity index (χ1v) is 42.7. The van der Waals surface area contributed by atoms with Crippen LogP contribution in [-0.2, 0) is 17.2 Å². The molecule has 7 fully saturated rings. The number of aryl methyl sites for hydroxylation is 1. The standard InChI is InChI=1S/C21H24N6.C20H23N5.C17H25N5.C16H21N5O.C15H19N7.10H2S/c1-21(2,13-22)15-5-3-14(4-6-15)18-12-20(25-17-8-7-16(23)11-17)27-19(26-18)9-10-24-27;21-16-7-8-17(11-16)23-20-12-18(24-19-9-10-22-25(19)20)15-5-3-14(4-6-15)13-1-2-13;18-13-6-7-14(10-13)20-17-11-15(12-4-2-1-3-5-12)21-16-8-9-19-22(16)17;17-12-3-4-13(8-12)19-16-9-14(11-2-1-7-22-10-11)20-15-5-6-18-21(15)16;1-21-7-5-12(20-21)13-9-15(18-11-3-2-10(16)8-11)22-14(19-13)4-6-17-22;;;;;;;;;;/h3-6,9-10,12,16-17,25H,7-8,11,23H2,1-2H3;3-6,9-10,12-13,16-17,23H,1-2,7-8,11,21H2;8-9,11-14,20H,1-7,10,18H2;2,5-6,9,12-13,19H,1,3-4,7-8,10,17H2;4-7,9-11,18H,2-3,8,16H2,1H3;10*1H2/t2*16-,17-;13-,14-;12-,13-;10-,11-;;;;;;;;;;/m00000........../s1. The van der Waals surface area contributed by atoms with E-state index in [9.17, 15) is 5.26 Å². The summed E-state index contributed by atoms with van der Waals surface area (Å²) in [6.07, 6.45) is 39.2. The Labute approximate surface area is 819 Å². The molecule has 694 valence electrons. The normalized spacial score (nSPS) is 21.4. The quantitative estimate of drug-likeness (QED) is 0.0405. The molecule has 10 atom stereocenters. The summed E-state index contributed by atoms with van der Waals surface area (Å²) in [7, 11) is 1.90. The molecule has 0 spiro atoms. The van der Waals surface area contributed by atoms with Gasteiger partial charge in [0.25, 0.3) is 0 Å². The Bertz CT molecular complexity index is 5690. The zero-order valence-electron chi connectivity index (χ0n) is 73.0. The van der Waals surface area contributed by atoms with Crippen molar-refractivity contribution < 1.29 is 4.74 Å². The number of benzene rings is 2. The lowest BCUT2D eigenvalue weighted by atomic mass is 9.86. The van der Waals surface area contributed by atoms with Crippen LogP contribution in [0.5, 0.6) is 0 Å². The number of nitrogens with one attached hydrogen (secondary N) is 5. The van der Waals surface area contributed by atoms with Gasteiger partial charge in [0.05, 0.1) is 78.5 Å². The van der Waals surface area contributed by atoms with Crippen molar-refractivity contribution in [1.82, 2.24) is 82.8 Å². The highest BCUT2D eigenvalue weighted by atomic mass is 32.1.